The van der Waals surface area contributed by atoms with Crippen LogP contribution in [0.5, 0.6) is 11.8 Å². The van der Waals surface area contributed by atoms with E-state index in [9.17, 15) is 18.6 Å². The Morgan fingerprint density at radius 1 is 1.04 bits per heavy atom. The molecule has 1 aromatic heterocycles. The van der Waals surface area contributed by atoms with Crippen molar-refractivity contribution in [1.82, 2.24) is 4.73 Å². The standard InChI is InChI=1S/C16H17NO5S/c1-2-11-7-9-12(10-8-11)23(20,21)22-17-15(18)13-5-3-4-6-14(13)16(17)19/h2,7-10,18-19H,1,3-6H2. The van der Waals surface area contributed by atoms with Gasteiger partial charge >= 0.3 is 10.1 Å². The molecule has 1 aromatic carbocycles. The molecule has 0 amide bonds. The summed E-state index contributed by atoms with van der Waals surface area (Å²) in [5.74, 6) is -0.716. The number of rotatable bonds is 4. The van der Waals surface area contributed by atoms with Gasteiger partial charge in [-0.1, -0.05) is 29.5 Å². The van der Waals surface area contributed by atoms with Crippen LogP contribution in [0.1, 0.15) is 29.5 Å². The zero-order valence-corrected chi connectivity index (χ0v) is 13.2. The van der Waals surface area contributed by atoms with E-state index in [1.807, 2.05) is 0 Å². The molecule has 0 spiro atoms. The minimum absolute atomic E-state index is 0.0754. The van der Waals surface area contributed by atoms with E-state index in [0.717, 1.165) is 18.4 Å². The normalized spacial score (nSPS) is 14.3. The first-order valence-electron chi connectivity index (χ1n) is 7.26. The van der Waals surface area contributed by atoms with E-state index in [1.54, 1.807) is 18.2 Å². The van der Waals surface area contributed by atoms with Crippen LogP contribution in [0.15, 0.2) is 35.7 Å². The smallest absolute Gasteiger partial charge is 0.357 e. The molecule has 0 bridgehead atoms. The third-order valence-electron chi connectivity index (χ3n) is 3.97. The van der Waals surface area contributed by atoms with Crippen LogP contribution in [-0.2, 0) is 23.0 Å². The molecule has 2 aromatic rings. The van der Waals surface area contributed by atoms with Gasteiger partial charge < -0.3 is 10.2 Å². The number of benzene rings is 1. The number of nitrogens with zero attached hydrogens (tertiary/aromatic N) is 1. The van der Waals surface area contributed by atoms with Gasteiger partial charge in [0.15, 0.2) is 0 Å². The molecular weight excluding hydrogens is 318 g/mol. The predicted molar refractivity (Wildman–Crippen MR) is 84.7 cm³/mol. The van der Waals surface area contributed by atoms with Gasteiger partial charge in [0, 0.05) is 11.1 Å². The first kappa shape index (κ1) is 15.5. The summed E-state index contributed by atoms with van der Waals surface area (Å²) in [6.45, 7) is 3.60. The molecule has 0 atom stereocenters. The highest BCUT2D eigenvalue weighted by Crippen LogP contribution is 2.38. The fraction of sp³-hybridized carbons (Fsp3) is 0.250. The molecule has 1 heterocycles. The van der Waals surface area contributed by atoms with Crippen LogP contribution in [0.2, 0.25) is 0 Å². The van der Waals surface area contributed by atoms with Crippen molar-refractivity contribution in [2.45, 2.75) is 30.6 Å². The lowest BCUT2D eigenvalue weighted by atomic mass is 9.95. The number of fused-ring (bicyclic) bond motifs is 1. The van der Waals surface area contributed by atoms with Gasteiger partial charge in [0.1, 0.15) is 4.90 Å². The predicted octanol–water partition coefficient (Wildman–Crippen LogP) is 2.24. The van der Waals surface area contributed by atoms with Crippen LogP contribution >= 0.6 is 0 Å². The number of aromatic nitrogens is 1. The summed E-state index contributed by atoms with van der Waals surface area (Å²) in [4.78, 5) is -0.0754. The largest absolute Gasteiger partial charge is 0.492 e. The van der Waals surface area contributed by atoms with Gasteiger partial charge in [0.05, 0.1) is 0 Å². The van der Waals surface area contributed by atoms with E-state index in [0.29, 0.717) is 28.7 Å². The average Bonchev–Trinajstić information content (AvgIpc) is 2.80. The van der Waals surface area contributed by atoms with Crippen molar-refractivity contribution in [3.8, 4) is 11.8 Å². The van der Waals surface area contributed by atoms with E-state index in [1.165, 1.54) is 12.1 Å². The second-order valence-corrected chi connectivity index (χ2v) is 6.94. The second kappa shape index (κ2) is 5.66. The molecule has 0 saturated heterocycles. The molecule has 1 aliphatic rings. The topological polar surface area (TPSA) is 88.8 Å². The summed E-state index contributed by atoms with van der Waals surface area (Å²) in [7, 11) is -4.17. The zero-order valence-electron chi connectivity index (χ0n) is 12.4. The Kier molecular flexibility index (Phi) is 3.81. The quantitative estimate of drug-likeness (QED) is 0.894. The maximum atomic E-state index is 12.3. The summed E-state index contributed by atoms with van der Waals surface area (Å²) in [5, 5.41) is 20.3. The molecule has 122 valence electrons. The fourth-order valence-electron chi connectivity index (χ4n) is 2.73. The first-order valence-corrected chi connectivity index (χ1v) is 8.66. The van der Waals surface area contributed by atoms with Gasteiger partial charge in [-0.25, -0.2) is 0 Å². The lowest BCUT2D eigenvalue weighted by molar-refractivity contribution is 0.202. The van der Waals surface area contributed by atoms with Crippen LogP contribution in [0, 0.1) is 0 Å². The molecule has 7 heteroatoms. The summed E-state index contributed by atoms with van der Waals surface area (Å²) in [6, 6.07) is 5.93. The SMILES string of the molecule is C=Cc1ccc(S(=O)(=O)On2c(O)c3c(c2O)CCCC3)cc1. The van der Waals surface area contributed by atoms with Crippen LogP contribution in [0.3, 0.4) is 0 Å². The van der Waals surface area contributed by atoms with Gasteiger partial charge in [0.25, 0.3) is 0 Å². The van der Waals surface area contributed by atoms with Gasteiger partial charge in [-0.2, -0.15) is 8.42 Å². The Morgan fingerprint density at radius 2 is 1.57 bits per heavy atom. The van der Waals surface area contributed by atoms with E-state index < -0.39 is 10.1 Å². The molecule has 0 saturated carbocycles. The van der Waals surface area contributed by atoms with Crippen molar-refractivity contribution in [3.63, 3.8) is 0 Å². The molecule has 0 unspecified atom stereocenters. The summed E-state index contributed by atoms with van der Waals surface area (Å²) in [5.41, 5.74) is 1.86. The number of hydrogen-bond donors (Lipinski definition) is 2. The highest BCUT2D eigenvalue weighted by Gasteiger charge is 2.29. The Morgan fingerprint density at radius 3 is 2.04 bits per heavy atom. The Bertz CT molecular complexity index is 820. The average molecular weight is 335 g/mol. The minimum atomic E-state index is -4.17. The van der Waals surface area contributed by atoms with Crippen molar-refractivity contribution in [2.75, 3.05) is 0 Å². The van der Waals surface area contributed by atoms with Crippen LogP contribution in [0.4, 0.5) is 0 Å². The monoisotopic (exact) mass is 335 g/mol. The van der Waals surface area contributed by atoms with Crippen molar-refractivity contribution in [3.05, 3.63) is 47.5 Å². The lowest BCUT2D eigenvalue weighted by Crippen LogP contribution is -2.19. The molecule has 0 fully saturated rings. The third-order valence-corrected chi connectivity index (χ3v) is 5.16. The molecule has 23 heavy (non-hydrogen) atoms. The van der Waals surface area contributed by atoms with Crippen molar-refractivity contribution in [2.24, 2.45) is 0 Å². The molecule has 0 aliphatic heterocycles. The highest BCUT2D eigenvalue weighted by atomic mass is 32.2. The maximum Gasteiger partial charge on any atom is 0.357 e. The Hall–Kier alpha value is -2.41. The Balaban J connectivity index is 1.97. The van der Waals surface area contributed by atoms with Crippen molar-refractivity contribution < 1.29 is 22.9 Å². The van der Waals surface area contributed by atoms with Gasteiger partial charge in [0.2, 0.25) is 11.8 Å². The fourth-order valence-corrected chi connectivity index (χ4v) is 3.62. The van der Waals surface area contributed by atoms with Crippen LogP contribution in [0.25, 0.3) is 6.08 Å². The maximum absolute atomic E-state index is 12.3. The molecule has 0 radical (unpaired) electrons. The third kappa shape index (κ3) is 2.68. The number of aromatic hydroxyl groups is 2. The molecule has 3 rings (SSSR count). The van der Waals surface area contributed by atoms with Gasteiger partial charge in [-0.15, -0.1) is 0 Å². The summed E-state index contributed by atoms with van der Waals surface area (Å²) >= 11 is 0. The second-order valence-electron chi connectivity index (χ2n) is 5.41. The van der Waals surface area contributed by atoms with Gasteiger partial charge in [-0.3, -0.25) is 4.28 Å². The van der Waals surface area contributed by atoms with Gasteiger partial charge in [-0.05, 0) is 43.4 Å². The molecule has 2 N–H and O–H groups in total. The minimum Gasteiger partial charge on any atom is -0.492 e. The summed E-state index contributed by atoms with van der Waals surface area (Å²) < 4.78 is 30.2. The van der Waals surface area contributed by atoms with Crippen molar-refractivity contribution in [1.29, 1.82) is 0 Å². The molecular formula is C16H17NO5S. The zero-order chi connectivity index (χ0) is 16.6. The van der Waals surface area contributed by atoms with E-state index in [4.69, 9.17) is 4.28 Å². The van der Waals surface area contributed by atoms with E-state index in [2.05, 4.69) is 6.58 Å². The molecule has 6 nitrogen and oxygen atoms in total. The molecule has 1 aliphatic carbocycles. The van der Waals surface area contributed by atoms with Crippen LogP contribution in [-0.4, -0.2) is 23.4 Å². The van der Waals surface area contributed by atoms with Crippen LogP contribution < -0.4 is 4.28 Å². The number of hydrogen-bond acceptors (Lipinski definition) is 5. The highest BCUT2D eigenvalue weighted by molar-refractivity contribution is 7.87. The summed E-state index contributed by atoms with van der Waals surface area (Å²) in [6.07, 6.45) is 4.51. The first-order chi connectivity index (χ1) is 10.9. The lowest BCUT2D eigenvalue weighted by Gasteiger charge is -2.09. The Labute approximate surface area is 134 Å². The van der Waals surface area contributed by atoms with E-state index >= 15 is 0 Å². The van der Waals surface area contributed by atoms with Crippen molar-refractivity contribution >= 4 is 16.2 Å². The van der Waals surface area contributed by atoms with E-state index in [-0.39, 0.29) is 16.7 Å².